The normalized spacial score (nSPS) is 10.8. The van der Waals surface area contributed by atoms with Crippen LogP contribution in [-0.4, -0.2) is 22.0 Å². The summed E-state index contributed by atoms with van der Waals surface area (Å²) < 4.78 is 0. The minimum absolute atomic E-state index is 0.0801. The van der Waals surface area contributed by atoms with E-state index < -0.39 is 11.9 Å². The lowest BCUT2D eigenvalue weighted by Gasteiger charge is -2.01. The zero-order valence-corrected chi connectivity index (χ0v) is 10.7. The van der Waals surface area contributed by atoms with Crippen molar-refractivity contribution in [2.24, 2.45) is 5.73 Å². The first kappa shape index (κ1) is 13.1. The Morgan fingerprint density at radius 3 is 2.74 bits per heavy atom. The molecule has 1 heterocycles. The second kappa shape index (κ2) is 5.14. The number of carbonyl (C=O) groups excluding carboxylic acids is 1. The van der Waals surface area contributed by atoms with E-state index in [0.29, 0.717) is 18.5 Å². The third kappa shape index (κ3) is 2.76. The Kier molecular flexibility index (Phi) is 3.55. The minimum atomic E-state index is -0.836. The standard InChI is InChI=1S/C14H16N2O3/c1-8-5-6-11-10(7-8)9(3-2-4-12(17)18)13(16-11)14(15)19/h5-7,16H,2-4H2,1H3,(H2,15,19)(H,17,18). The van der Waals surface area contributed by atoms with Crippen LogP contribution in [0.25, 0.3) is 10.9 Å². The zero-order chi connectivity index (χ0) is 14.0. The van der Waals surface area contributed by atoms with Crippen LogP contribution in [0.4, 0.5) is 0 Å². The molecule has 1 aromatic heterocycles. The number of nitrogens with two attached hydrogens (primary N) is 1. The van der Waals surface area contributed by atoms with Gasteiger partial charge in [0.1, 0.15) is 5.69 Å². The fourth-order valence-corrected chi connectivity index (χ4v) is 2.25. The molecule has 0 atom stereocenters. The van der Waals surface area contributed by atoms with Crippen LogP contribution in [0.3, 0.4) is 0 Å². The summed E-state index contributed by atoms with van der Waals surface area (Å²) in [5.74, 6) is -1.35. The second-order valence-electron chi connectivity index (χ2n) is 4.64. The first-order valence-corrected chi connectivity index (χ1v) is 6.12. The Labute approximate surface area is 110 Å². The lowest BCUT2D eigenvalue weighted by Crippen LogP contribution is -2.13. The zero-order valence-electron chi connectivity index (χ0n) is 10.7. The highest BCUT2D eigenvalue weighted by Gasteiger charge is 2.15. The lowest BCUT2D eigenvalue weighted by atomic mass is 10.0. The van der Waals surface area contributed by atoms with Gasteiger partial charge in [0, 0.05) is 17.3 Å². The van der Waals surface area contributed by atoms with Crippen LogP contribution in [0.1, 0.15) is 34.5 Å². The smallest absolute Gasteiger partial charge is 0.303 e. The van der Waals surface area contributed by atoms with E-state index in [0.717, 1.165) is 22.0 Å². The molecule has 19 heavy (non-hydrogen) atoms. The molecule has 100 valence electrons. The highest BCUT2D eigenvalue weighted by molar-refractivity contribution is 6.00. The van der Waals surface area contributed by atoms with Gasteiger partial charge in [0.2, 0.25) is 0 Å². The Bertz CT molecular complexity index is 643. The lowest BCUT2D eigenvalue weighted by molar-refractivity contribution is -0.137. The fraction of sp³-hybridized carbons (Fsp3) is 0.286. The van der Waals surface area contributed by atoms with E-state index in [1.54, 1.807) is 0 Å². The van der Waals surface area contributed by atoms with Crippen LogP contribution in [0, 0.1) is 6.92 Å². The monoisotopic (exact) mass is 260 g/mol. The Hall–Kier alpha value is -2.30. The maximum atomic E-state index is 11.4. The van der Waals surface area contributed by atoms with Crippen molar-refractivity contribution in [3.8, 4) is 0 Å². The summed E-state index contributed by atoms with van der Waals surface area (Å²) in [4.78, 5) is 25.0. The van der Waals surface area contributed by atoms with E-state index in [9.17, 15) is 9.59 Å². The summed E-state index contributed by atoms with van der Waals surface area (Å²) in [6, 6.07) is 5.83. The van der Waals surface area contributed by atoms with Gasteiger partial charge in [0.05, 0.1) is 0 Å². The SMILES string of the molecule is Cc1ccc2[nH]c(C(N)=O)c(CCCC(=O)O)c2c1. The third-order valence-electron chi connectivity index (χ3n) is 3.13. The molecule has 0 unspecified atom stereocenters. The van der Waals surface area contributed by atoms with Gasteiger partial charge in [-0.25, -0.2) is 0 Å². The molecule has 0 fully saturated rings. The fourth-order valence-electron chi connectivity index (χ4n) is 2.25. The Morgan fingerprint density at radius 2 is 2.11 bits per heavy atom. The molecular formula is C14H16N2O3. The summed E-state index contributed by atoms with van der Waals surface area (Å²) >= 11 is 0. The number of nitrogens with one attached hydrogen (secondary N) is 1. The summed E-state index contributed by atoms with van der Waals surface area (Å²) in [5, 5.41) is 9.62. The number of rotatable bonds is 5. The Balaban J connectivity index is 2.42. The van der Waals surface area contributed by atoms with Crippen molar-refractivity contribution >= 4 is 22.8 Å². The van der Waals surface area contributed by atoms with Gasteiger partial charge in [0.25, 0.3) is 5.91 Å². The largest absolute Gasteiger partial charge is 0.481 e. The number of carboxylic acids is 1. The molecule has 0 aliphatic rings. The van der Waals surface area contributed by atoms with Crippen LogP contribution < -0.4 is 5.73 Å². The van der Waals surface area contributed by atoms with Gasteiger partial charge in [-0.2, -0.15) is 0 Å². The molecule has 1 aromatic carbocycles. The summed E-state index contributed by atoms with van der Waals surface area (Å²) in [6.45, 7) is 1.97. The third-order valence-corrected chi connectivity index (χ3v) is 3.13. The quantitative estimate of drug-likeness (QED) is 0.766. The molecule has 0 bridgehead atoms. The molecule has 1 amide bonds. The predicted molar refractivity (Wildman–Crippen MR) is 72.1 cm³/mol. The van der Waals surface area contributed by atoms with Gasteiger partial charge in [-0.15, -0.1) is 0 Å². The average Bonchev–Trinajstić information content (AvgIpc) is 2.67. The molecule has 4 N–H and O–H groups in total. The summed E-state index contributed by atoms with van der Waals surface area (Å²) in [5.41, 5.74) is 8.49. The summed E-state index contributed by atoms with van der Waals surface area (Å²) in [6.07, 6.45) is 1.08. The van der Waals surface area contributed by atoms with Crippen molar-refractivity contribution in [1.29, 1.82) is 0 Å². The number of H-pyrrole nitrogens is 1. The van der Waals surface area contributed by atoms with Gasteiger partial charge < -0.3 is 15.8 Å². The summed E-state index contributed by atoms with van der Waals surface area (Å²) in [7, 11) is 0. The van der Waals surface area contributed by atoms with E-state index in [4.69, 9.17) is 10.8 Å². The molecule has 0 radical (unpaired) electrons. The number of primary amides is 1. The molecule has 0 aliphatic heterocycles. The molecule has 5 heteroatoms. The van der Waals surface area contributed by atoms with Gasteiger partial charge in [-0.05, 0) is 37.5 Å². The number of amides is 1. The number of fused-ring (bicyclic) bond motifs is 1. The molecule has 0 saturated carbocycles. The van der Waals surface area contributed by atoms with Crippen LogP contribution in [0.15, 0.2) is 18.2 Å². The van der Waals surface area contributed by atoms with Crippen LogP contribution in [-0.2, 0) is 11.2 Å². The number of aromatic amines is 1. The van der Waals surface area contributed by atoms with Crippen LogP contribution in [0.2, 0.25) is 0 Å². The topological polar surface area (TPSA) is 96.2 Å². The van der Waals surface area contributed by atoms with E-state index in [2.05, 4.69) is 4.98 Å². The van der Waals surface area contributed by atoms with Crippen LogP contribution in [0.5, 0.6) is 0 Å². The highest BCUT2D eigenvalue weighted by Crippen LogP contribution is 2.25. The van der Waals surface area contributed by atoms with Crippen LogP contribution >= 0.6 is 0 Å². The maximum Gasteiger partial charge on any atom is 0.303 e. The molecule has 0 aliphatic carbocycles. The van der Waals surface area contributed by atoms with Crippen molar-refractivity contribution in [3.05, 3.63) is 35.0 Å². The first-order valence-electron chi connectivity index (χ1n) is 6.12. The van der Waals surface area contributed by atoms with Gasteiger partial charge in [-0.3, -0.25) is 9.59 Å². The molecule has 0 saturated heterocycles. The Morgan fingerprint density at radius 1 is 1.37 bits per heavy atom. The average molecular weight is 260 g/mol. The number of carboxylic acid groups (broad SMARTS) is 1. The number of carbonyl (C=O) groups is 2. The van der Waals surface area contributed by atoms with Crippen molar-refractivity contribution in [3.63, 3.8) is 0 Å². The van der Waals surface area contributed by atoms with E-state index in [-0.39, 0.29) is 6.42 Å². The molecular weight excluding hydrogens is 244 g/mol. The number of hydrogen-bond acceptors (Lipinski definition) is 2. The highest BCUT2D eigenvalue weighted by atomic mass is 16.4. The number of aromatic nitrogens is 1. The molecule has 5 nitrogen and oxygen atoms in total. The van der Waals surface area contributed by atoms with Crippen molar-refractivity contribution in [2.75, 3.05) is 0 Å². The predicted octanol–water partition coefficient (Wildman–Crippen LogP) is 1.98. The van der Waals surface area contributed by atoms with Crippen molar-refractivity contribution in [1.82, 2.24) is 4.98 Å². The maximum absolute atomic E-state index is 11.4. The van der Waals surface area contributed by atoms with Crippen molar-refractivity contribution < 1.29 is 14.7 Å². The molecule has 2 rings (SSSR count). The number of aryl methyl sites for hydroxylation is 2. The van der Waals surface area contributed by atoms with Gasteiger partial charge in [-0.1, -0.05) is 11.6 Å². The van der Waals surface area contributed by atoms with E-state index in [1.807, 2.05) is 25.1 Å². The number of benzene rings is 1. The van der Waals surface area contributed by atoms with Gasteiger partial charge in [0.15, 0.2) is 0 Å². The second-order valence-corrected chi connectivity index (χ2v) is 4.64. The first-order chi connectivity index (χ1) is 8.99. The number of aliphatic carboxylic acids is 1. The van der Waals surface area contributed by atoms with Crippen molar-refractivity contribution in [2.45, 2.75) is 26.2 Å². The van der Waals surface area contributed by atoms with E-state index >= 15 is 0 Å². The number of hydrogen-bond donors (Lipinski definition) is 3. The van der Waals surface area contributed by atoms with Gasteiger partial charge >= 0.3 is 5.97 Å². The minimum Gasteiger partial charge on any atom is -0.481 e. The molecule has 2 aromatic rings. The molecule has 0 spiro atoms. The van der Waals surface area contributed by atoms with E-state index in [1.165, 1.54) is 0 Å².